The zero-order valence-corrected chi connectivity index (χ0v) is 14.9. The van der Waals surface area contributed by atoms with Crippen LogP contribution in [0.15, 0.2) is 24.3 Å². The minimum atomic E-state index is -4.90. The number of aliphatic hydroxyl groups is 2. The van der Waals surface area contributed by atoms with Gasteiger partial charge < -0.3 is 35.0 Å². The predicted octanol–water partition coefficient (Wildman–Crippen LogP) is -4.22. The van der Waals surface area contributed by atoms with Crippen LogP contribution in [0, 0.1) is 0 Å². The van der Waals surface area contributed by atoms with Crippen LogP contribution in [0.5, 0.6) is 0 Å². The molecule has 10 heteroatoms. The molecular weight excluding hydrogens is 324 g/mol. The van der Waals surface area contributed by atoms with Crippen LogP contribution in [0.3, 0.4) is 0 Å². The summed E-state index contributed by atoms with van der Waals surface area (Å²) in [6, 6.07) is 7.02. The summed E-state index contributed by atoms with van der Waals surface area (Å²) in [5.74, 6) is 0. The fraction of sp³-hybridized carbons (Fsp3) is 0.500. The quantitative estimate of drug-likeness (QED) is 0.240. The molecule has 5 atom stereocenters. The molecular formula is C12H17NNaO7P. The number of nitrogens with two attached hydrogens (primary N) is 1. The van der Waals surface area contributed by atoms with Crippen molar-refractivity contribution in [2.24, 2.45) is 0 Å². The van der Waals surface area contributed by atoms with Crippen molar-refractivity contribution in [2.75, 3.05) is 12.3 Å². The summed E-state index contributed by atoms with van der Waals surface area (Å²) in [4.78, 5) is 19.1. The summed E-state index contributed by atoms with van der Waals surface area (Å²) in [5.41, 5.74) is 7.07. The zero-order chi connectivity index (χ0) is 15.6. The van der Waals surface area contributed by atoms with E-state index in [1.54, 1.807) is 24.3 Å². The van der Waals surface area contributed by atoms with Gasteiger partial charge in [-0.2, -0.15) is 0 Å². The largest absolute Gasteiger partial charge is 1.00 e. The van der Waals surface area contributed by atoms with Crippen molar-refractivity contribution < 1.29 is 63.4 Å². The number of hydrogen-bond acceptors (Lipinski definition) is 7. The van der Waals surface area contributed by atoms with E-state index in [2.05, 4.69) is 4.52 Å². The molecule has 1 aliphatic heterocycles. The van der Waals surface area contributed by atoms with Crippen LogP contribution in [0.25, 0.3) is 0 Å². The number of anilines is 1. The summed E-state index contributed by atoms with van der Waals surface area (Å²) >= 11 is 0. The van der Waals surface area contributed by atoms with E-state index < -0.39 is 38.8 Å². The van der Waals surface area contributed by atoms with E-state index in [1.165, 1.54) is 0 Å². The number of rotatable bonds is 5. The molecule has 1 fully saturated rings. The van der Waals surface area contributed by atoms with Gasteiger partial charge in [-0.15, -0.1) is 0 Å². The molecule has 0 bridgehead atoms. The average molecular weight is 341 g/mol. The van der Waals surface area contributed by atoms with Crippen LogP contribution in [-0.4, -0.2) is 46.1 Å². The molecule has 2 rings (SSSR count). The van der Waals surface area contributed by atoms with Crippen molar-refractivity contribution in [1.82, 2.24) is 0 Å². The molecule has 1 unspecified atom stereocenters. The van der Waals surface area contributed by atoms with Crippen molar-refractivity contribution in [3.63, 3.8) is 0 Å². The van der Waals surface area contributed by atoms with Crippen LogP contribution in [0.2, 0.25) is 0 Å². The molecule has 0 saturated carbocycles. The second kappa shape index (κ2) is 8.21. The average Bonchev–Trinajstić information content (AvgIpc) is 2.66. The molecule has 1 heterocycles. The normalized spacial score (nSPS) is 30.5. The second-order valence-electron chi connectivity index (χ2n) is 4.86. The van der Waals surface area contributed by atoms with Gasteiger partial charge >= 0.3 is 29.6 Å². The molecule has 0 amide bonds. The van der Waals surface area contributed by atoms with Gasteiger partial charge in [0.25, 0.3) is 7.82 Å². The van der Waals surface area contributed by atoms with Gasteiger partial charge in [0.1, 0.15) is 18.3 Å². The molecule has 8 nitrogen and oxygen atoms in total. The predicted molar refractivity (Wildman–Crippen MR) is 71.0 cm³/mol. The van der Waals surface area contributed by atoms with Crippen molar-refractivity contribution >= 4 is 13.5 Å². The molecule has 22 heavy (non-hydrogen) atoms. The van der Waals surface area contributed by atoms with Crippen LogP contribution in [-0.2, 0) is 20.2 Å². The van der Waals surface area contributed by atoms with Gasteiger partial charge in [-0.25, -0.2) is 0 Å². The molecule has 1 aromatic carbocycles. The Labute approximate surface area is 149 Å². The van der Waals surface area contributed by atoms with Gasteiger partial charge in [-0.1, -0.05) is 18.2 Å². The van der Waals surface area contributed by atoms with Gasteiger partial charge in [0.15, 0.2) is 0 Å². The van der Waals surface area contributed by atoms with Gasteiger partial charge in [-0.05, 0) is 11.6 Å². The second-order valence-corrected chi connectivity index (χ2v) is 6.06. The topological polar surface area (TPSA) is 145 Å². The van der Waals surface area contributed by atoms with Gasteiger partial charge in [-0.3, -0.25) is 4.57 Å². The van der Waals surface area contributed by atoms with Crippen molar-refractivity contribution in [2.45, 2.75) is 30.8 Å². The minimum Gasteiger partial charge on any atom is -0.756 e. The molecule has 5 N–H and O–H groups in total. The molecule has 0 spiro atoms. The minimum absolute atomic E-state index is 0. The molecule has 0 radical (unpaired) electrons. The monoisotopic (exact) mass is 341 g/mol. The van der Waals surface area contributed by atoms with Crippen LogP contribution < -0.4 is 40.2 Å². The third-order valence-corrected chi connectivity index (χ3v) is 3.81. The number of para-hydroxylation sites is 1. The van der Waals surface area contributed by atoms with E-state index in [0.717, 1.165) is 5.56 Å². The molecule has 118 valence electrons. The molecule has 0 aromatic heterocycles. The van der Waals surface area contributed by atoms with Crippen molar-refractivity contribution in [1.29, 1.82) is 0 Å². The smallest absolute Gasteiger partial charge is 0.756 e. The summed E-state index contributed by atoms with van der Waals surface area (Å²) in [6.07, 6.45) is -4.06. The van der Waals surface area contributed by atoms with E-state index in [1.807, 2.05) is 0 Å². The van der Waals surface area contributed by atoms with E-state index >= 15 is 0 Å². The van der Waals surface area contributed by atoms with Gasteiger partial charge in [0, 0.05) is 12.1 Å². The Morgan fingerprint density at radius 2 is 1.86 bits per heavy atom. The van der Waals surface area contributed by atoms with Gasteiger partial charge in [0.2, 0.25) is 0 Å². The molecule has 0 aliphatic carbocycles. The van der Waals surface area contributed by atoms with Crippen molar-refractivity contribution in [3.8, 4) is 0 Å². The maximum Gasteiger partial charge on any atom is 1.00 e. The number of aliphatic hydroxyl groups excluding tert-OH is 2. The maximum atomic E-state index is 10.5. The first-order valence-corrected chi connectivity index (χ1v) is 7.81. The Kier molecular flexibility index (Phi) is 7.48. The number of phosphoric acid groups is 1. The Morgan fingerprint density at radius 1 is 1.27 bits per heavy atom. The van der Waals surface area contributed by atoms with E-state index in [4.69, 9.17) is 15.4 Å². The fourth-order valence-corrected chi connectivity index (χ4v) is 2.57. The van der Waals surface area contributed by atoms with Gasteiger partial charge in [0.05, 0.1) is 12.7 Å². The number of nitrogen functional groups attached to an aromatic ring is 1. The Bertz CT molecular complexity index is 540. The first kappa shape index (κ1) is 20.1. The molecule has 1 aliphatic rings. The Balaban J connectivity index is 0.00000242. The van der Waals surface area contributed by atoms with E-state index in [-0.39, 0.29) is 36.0 Å². The van der Waals surface area contributed by atoms with Crippen LogP contribution in [0.1, 0.15) is 5.56 Å². The third-order valence-electron chi connectivity index (χ3n) is 3.34. The first-order valence-electron chi connectivity index (χ1n) is 6.31. The fourth-order valence-electron chi connectivity index (χ4n) is 2.24. The van der Waals surface area contributed by atoms with E-state index in [0.29, 0.717) is 5.69 Å². The Hall–Kier alpha value is 0.01000. The summed E-state index contributed by atoms with van der Waals surface area (Å²) < 4.78 is 20.1. The summed E-state index contributed by atoms with van der Waals surface area (Å²) in [6.45, 7) is -0.573. The number of phosphoric ester groups is 1. The Morgan fingerprint density at radius 3 is 2.45 bits per heavy atom. The molecule has 1 saturated heterocycles. The zero-order valence-electron chi connectivity index (χ0n) is 12.0. The van der Waals surface area contributed by atoms with E-state index in [9.17, 15) is 19.7 Å². The van der Waals surface area contributed by atoms with Crippen LogP contribution in [0.4, 0.5) is 5.69 Å². The summed E-state index contributed by atoms with van der Waals surface area (Å²) in [5, 5.41) is 19.7. The number of hydrogen-bond donors (Lipinski definition) is 4. The van der Waals surface area contributed by atoms with Crippen LogP contribution >= 0.6 is 7.82 Å². The third kappa shape index (κ3) is 5.28. The maximum absolute atomic E-state index is 10.5. The summed E-state index contributed by atoms with van der Waals surface area (Å²) in [7, 11) is -4.90. The SMILES string of the molecule is Nc1ccccc1C[C@@H]1O[C@H](COP(=O)([O-])O)[C@@H](O)[C@H]1O.[Na+]. The number of benzene rings is 1. The molecule has 1 aromatic rings. The number of ether oxygens (including phenoxy) is 1. The first-order chi connectivity index (χ1) is 9.78. The standard InChI is InChI=1S/C12H18NO7P.Na/c13-8-4-2-1-3-7(8)5-9-11(14)12(15)10(20-9)6-19-21(16,17)18;/h1-4,9-12,14-15H,5-6,13H2,(H2,16,17,18);/q;+1/p-1/t9-,10+,11-,12+;/m0./s1. The van der Waals surface area contributed by atoms with Crippen molar-refractivity contribution in [3.05, 3.63) is 29.8 Å².